The molecular weight excluding hydrogens is 162 g/mol. The fourth-order valence-corrected chi connectivity index (χ4v) is 1.96. The van der Waals surface area contributed by atoms with Gasteiger partial charge < -0.3 is 10.8 Å². The monoisotopic (exact) mass is 177 g/mol. The molecule has 0 amide bonds. The molecule has 1 aromatic rings. The van der Waals surface area contributed by atoms with Gasteiger partial charge in [0.05, 0.1) is 5.60 Å². The van der Waals surface area contributed by atoms with Crippen LogP contribution in [0, 0.1) is 0 Å². The van der Waals surface area contributed by atoms with Crippen molar-refractivity contribution in [3.8, 4) is 0 Å². The first-order valence-electron chi connectivity index (χ1n) is 4.73. The second-order valence-corrected chi connectivity index (χ2v) is 3.87. The zero-order chi connectivity index (χ0) is 9.31. The van der Waals surface area contributed by atoms with Crippen LogP contribution in [0.5, 0.6) is 0 Å². The average Bonchev–Trinajstić information content (AvgIpc) is 2.18. The van der Waals surface area contributed by atoms with Gasteiger partial charge in [0.15, 0.2) is 0 Å². The maximum Gasteiger partial charge on any atom is 0.0812 e. The van der Waals surface area contributed by atoms with E-state index in [2.05, 4.69) is 12.1 Å². The Morgan fingerprint density at radius 3 is 2.69 bits per heavy atom. The number of aryl methyl sites for hydroxylation is 1. The van der Waals surface area contributed by atoms with E-state index in [1.807, 2.05) is 12.1 Å². The molecular formula is C11H15NO. The molecule has 0 saturated carbocycles. The predicted octanol–water partition coefficient (Wildman–Crippen LogP) is 0.865. The van der Waals surface area contributed by atoms with Crippen LogP contribution in [0.4, 0.5) is 0 Å². The molecule has 2 heteroatoms. The highest BCUT2D eigenvalue weighted by atomic mass is 16.3. The topological polar surface area (TPSA) is 46.2 Å². The summed E-state index contributed by atoms with van der Waals surface area (Å²) in [6.45, 7) is 0.362. The Balaban J connectivity index is 2.29. The van der Waals surface area contributed by atoms with Gasteiger partial charge >= 0.3 is 0 Å². The number of benzene rings is 1. The summed E-state index contributed by atoms with van der Waals surface area (Å²) >= 11 is 0. The molecule has 0 radical (unpaired) electrons. The quantitative estimate of drug-likeness (QED) is 0.668. The Kier molecular flexibility index (Phi) is 2.10. The summed E-state index contributed by atoms with van der Waals surface area (Å²) in [4.78, 5) is 0. The van der Waals surface area contributed by atoms with Gasteiger partial charge in [0.25, 0.3) is 0 Å². The van der Waals surface area contributed by atoms with E-state index in [9.17, 15) is 5.11 Å². The summed E-state index contributed by atoms with van der Waals surface area (Å²) in [5, 5.41) is 10.0. The van der Waals surface area contributed by atoms with Gasteiger partial charge in [0.2, 0.25) is 0 Å². The summed E-state index contributed by atoms with van der Waals surface area (Å²) in [6, 6.07) is 8.27. The molecule has 0 fully saturated rings. The van der Waals surface area contributed by atoms with Crippen molar-refractivity contribution in [2.45, 2.75) is 24.9 Å². The van der Waals surface area contributed by atoms with Crippen LogP contribution in [0.2, 0.25) is 0 Å². The zero-order valence-corrected chi connectivity index (χ0v) is 7.66. The Morgan fingerprint density at radius 2 is 2.00 bits per heavy atom. The van der Waals surface area contributed by atoms with E-state index in [0.29, 0.717) is 13.0 Å². The van der Waals surface area contributed by atoms with E-state index in [1.54, 1.807) is 0 Å². The highest BCUT2D eigenvalue weighted by Gasteiger charge is 2.30. The van der Waals surface area contributed by atoms with Crippen molar-refractivity contribution in [3.63, 3.8) is 0 Å². The van der Waals surface area contributed by atoms with E-state index >= 15 is 0 Å². The normalized spacial score (nSPS) is 26.9. The predicted molar refractivity (Wildman–Crippen MR) is 52.5 cm³/mol. The van der Waals surface area contributed by atoms with Crippen molar-refractivity contribution in [2.24, 2.45) is 5.73 Å². The first-order valence-corrected chi connectivity index (χ1v) is 4.73. The first kappa shape index (κ1) is 8.73. The lowest BCUT2D eigenvalue weighted by Gasteiger charge is -2.32. The molecule has 0 spiro atoms. The molecule has 1 aliphatic rings. The number of hydrogen-bond donors (Lipinski definition) is 2. The molecule has 0 aliphatic heterocycles. The summed E-state index contributed by atoms with van der Waals surface area (Å²) in [6.07, 6.45) is 2.45. The van der Waals surface area contributed by atoms with E-state index in [0.717, 1.165) is 12.8 Å². The lowest BCUT2D eigenvalue weighted by molar-refractivity contribution is 0.0353. The number of aliphatic hydroxyl groups is 1. The smallest absolute Gasteiger partial charge is 0.0812 e. The molecule has 2 rings (SSSR count). The van der Waals surface area contributed by atoms with Crippen molar-refractivity contribution < 1.29 is 5.11 Å². The summed E-state index contributed by atoms with van der Waals surface area (Å²) in [7, 11) is 0. The third-order valence-electron chi connectivity index (χ3n) is 2.88. The van der Waals surface area contributed by atoms with Gasteiger partial charge in [0, 0.05) is 13.0 Å². The molecule has 1 aliphatic carbocycles. The van der Waals surface area contributed by atoms with Gasteiger partial charge in [-0.25, -0.2) is 0 Å². The number of nitrogens with two attached hydrogens (primary N) is 1. The van der Waals surface area contributed by atoms with E-state index in [4.69, 9.17) is 5.73 Å². The maximum absolute atomic E-state index is 10.0. The molecule has 0 heterocycles. The second kappa shape index (κ2) is 3.13. The van der Waals surface area contributed by atoms with Gasteiger partial charge in [-0.2, -0.15) is 0 Å². The van der Waals surface area contributed by atoms with Crippen LogP contribution in [0.15, 0.2) is 24.3 Å². The van der Waals surface area contributed by atoms with Crippen LogP contribution in [0.3, 0.4) is 0 Å². The molecule has 3 N–H and O–H groups in total. The standard InChI is InChI=1S/C11H15NO/c12-8-11(13)6-5-9-3-1-2-4-10(9)7-11/h1-4,13H,5-8,12H2. The Morgan fingerprint density at radius 1 is 1.31 bits per heavy atom. The van der Waals surface area contributed by atoms with Crippen molar-refractivity contribution >= 4 is 0 Å². The lowest BCUT2D eigenvalue weighted by Crippen LogP contribution is -2.42. The number of hydrogen-bond acceptors (Lipinski definition) is 2. The zero-order valence-electron chi connectivity index (χ0n) is 7.66. The van der Waals surface area contributed by atoms with Crippen molar-refractivity contribution in [3.05, 3.63) is 35.4 Å². The number of rotatable bonds is 1. The number of fused-ring (bicyclic) bond motifs is 1. The minimum absolute atomic E-state index is 0.362. The summed E-state index contributed by atoms with van der Waals surface area (Å²) in [5.74, 6) is 0. The van der Waals surface area contributed by atoms with Crippen LogP contribution in [0.25, 0.3) is 0 Å². The van der Waals surface area contributed by atoms with Gasteiger partial charge in [0.1, 0.15) is 0 Å². The van der Waals surface area contributed by atoms with Crippen LogP contribution in [0.1, 0.15) is 17.5 Å². The van der Waals surface area contributed by atoms with Crippen molar-refractivity contribution in [1.29, 1.82) is 0 Å². The van der Waals surface area contributed by atoms with E-state index in [-0.39, 0.29) is 0 Å². The van der Waals surface area contributed by atoms with E-state index < -0.39 is 5.60 Å². The fraction of sp³-hybridized carbons (Fsp3) is 0.455. The summed E-state index contributed by atoms with van der Waals surface area (Å²) < 4.78 is 0. The molecule has 0 saturated heterocycles. The molecule has 1 unspecified atom stereocenters. The highest BCUT2D eigenvalue weighted by Crippen LogP contribution is 2.27. The SMILES string of the molecule is NCC1(O)CCc2ccccc2C1. The van der Waals surface area contributed by atoms with Crippen LogP contribution in [-0.2, 0) is 12.8 Å². The van der Waals surface area contributed by atoms with Crippen molar-refractivity contribution in [1.82, 2.24) is 0 Å². The van der Waals surface area contributed by atoms with Crippen molar-refractivity contribution in [2.75, 3.05) is 6.54 Å². The second-order valence-electron chi connectivity index (χ2n) is 3.87. The highest BCUT2D eigenvalue weighted by molar-refractivity contribution is 5.31. The first-order chi connectivity index (χ1) is 6.23. The van der Waals surface area contributed by atoms with E-state index in [1.165, 1.54) is 11.1 Å². The van der Waals surface area contributed by atoms with Gasteiger partial charge in [-0.3, -0.25) is 0 Å². The third kappa shape index (κ3) is 1.60. The molecule has 13 heavy (non-hydrogen) atoms. The summed E-state index contributed by atoms with van der Waals surface area (Å²) in [5.41, 5.74) is 7.50. The molecule has 2 nitrogen and oxygen atoms in total. The van der Waals surface area contributed by atoms with Gasteiger partial charge in [-0.1, -0.05) is 24.3 Å². The maximum atomic E-state index is 10.0. The van der Waals surface area contributed by atoms with Crippen LogP contribution >= 0.6 is 0 Å². The fourth-order valence-electron chi connectivity index (χ4n) is 1.96. The molecule has 70 valence electrons. The molecule has 0 aromatic heterocycles. The largest absolute Gasteiger partial charge is 0.388 e. The third-order valence-corrected chi connectivity index (χ3v) is 2.88. The molecule has 1 aromatic carbocycles. The Labute approximate surface area is 78.4 Å². The molecule has 0 bridgehead atoms. The Hall–Kier alpha value is -0.860. The van der Waals surface area contributed by atoms with Gasteiger partial charge in [-0.15, -0.1) is 0 Å². The van der Waals surface area contributed by atoms with Gasteiger partial charge in [-0.05, 0) is 24.0 Å². The molecule has 1 atom stereocenters. The van der Waals surface area contributed by atoms with Crippen LogP contribution in [-0.4, -0.2) is 17.3 Å². The minimum atomic E-state index is -0.658. The lowest BCUT2D eigenvalue weighted by atomic mass is 9.80. The van der Waals surface area contributed by atoms with Crippen LogP contribution < -0.4 is 5.73 Å². The Bertz CT molecular complexity index is 311. The minimum Gasteiger partial charge on any atom is -0.388 e. The average molecular weight is 177 g/mol.